The summed E-state index contributed by atoms with van der Waals surface area (Å²) in [5.41, 5.74) is 0. The number of hydrogen-bond acceptors (Lipinski definition) is 1. The summed E-state index contributed by atoms with van der Waals surface area (Å²) >= 11 is 0. The number of terminal acetylenes is 1. The monoisotopic (exact) mass is 390 g/mol. The molecule has 28 heavy (non-hydrogen) atoms. The van der Waals surface area contributed by atoms with Gasteiger partial charge in [0, 0.05) is 12.8 Å². The Morgan fingerprint density at radius 1 is 0.607 bits per heavy atom. The predicted molar refractivity (Wildman–Crippen MR) is 123 cm³/mol. The predicted octanol–water partition coefficient (Wildman–Crippen LogP) is 8.45. The first-order valence-electron chi connectivity index (χ1n) is 12.1. The zero-order chi connectivity index (χ0) is 20.5. The van der Waals surface area contributed by atoms with E-state index in [0.29, 0.717) is 6.42 Å². The summed E-state index contributed by atoms with van der Waals surface area (Å²) in [6, 6.07) is 0. The van der Waals surface area contributed by atoms with Gasteiger partial charge in [0.2, 0.25) is 0 Å². The van der Waals surface area contributed by atoms with E-state index in [1.165, 1.54) is 109 Å². The summed E-state index contributed by atoms with van der Waals surface area (Å²) in [7, 11) is 0. The summed E-state index contributed by atoms with van der Waals surface area (Å²) in [4.78, 5) is 10.4. The SMILES string of the molecule is C#CCCCCCCCC/C=C\CCCCCCCCCCCCCC(=O)O. The largest absolute Gasteiger partial charge is 0.481 e. The highest BCUT2D eigenvalue weighted by Crippen LogP contribution is 2.13. The topological polar surface area (TPSA) is 37.3 Å². The van der Waals surface area contributed by atoms with E-state index in [1.807, 2.05) is 0 Å². The molecule has 0 amide bonds. The molecule has 0 fully saturated rings. The molecule has 2 heteroatoms. The highest BCUT2D eigenvalue weighted by atomic mass is 16.4. The number of allylic oxidation sites excluding steroid dienone is 2. The molecule has 0 saturated heterocycles. The molecule has 0 aromatic carbocycles. The highest BCUT2D eigenvalue weighted by molar-refractivity contribution is 5.66. The van der Waals surface area contributed by atoms with Gasteiger partial charge in [0.25, 0.3) is 0 Å². The third-order valence-electron chi connectivity index (χ3n) is 5.37. The molecule has 0 saturated carbocycles. The first-order valence-corrected chi connectivity index (χ1v) is 12.1. The Morgan fingerprint density at radius 2 is 0.964 bits per heavy atom. The normalized spacial score (nSPS) is 11.1. The molecular formula is C26H46O2. The molecule has 0 aliphatic heterocycles. The average Bonchev–Trinajstić information content (AvgIpc) is 2.68. The summed E-state index contributed by atoms with van der Waals surface area (Å²) in [6.07, 6.45) is 35.6. The van der Waals surface area contributed by atoms with Crippen LogP contribution in [0, 0.1) is 12.3 Å². The van der Waals surface area contributed by atoms with Crippen molar-refractivity contribution in [1.82, 2.24) is 0 Å². The van der Waals surface area contributed by atoms with Crippen LogP contribution in [0.4, 0.5) is 0 Å². The summed E-state index contributed by atoms with van der Waals surface area (Å²) in [5.74, 6) is 2.05. The van der Waals surface area contributed by atoms with Crippen molar-refractivity contribution in [2.75, 3.05) is 0 Å². The summed E-state index contributed by atoms with van der Waals surface area (Å²) in [6.45, 7) is 0. The second kappa shape index (κ2) is 23.8. The number of carboxylic acids is 1. The van der Waals surface area contributed by atoms with Crippen LogP contribution in [0.3, 0.4) is 0 Å². The Hall–Kier alpha value is -1.23. The minimum atomic E-state index is -0.658. The smallest absolute Gasteiger partial charge is 0.303 e. The molecule has 0 unspecified atom stereocenters. The number of aliphatic carboxylic acids is 1. The van der Waals surface area contributed by atoms with E-state index in [-0.39, 0.29) is 0 Å². The lowest BCUT2D eigenvalue weighted by atomic mass is 10.0. The molecule has 0 aromatic rings. The van der Waals surface area contributed by atoms with Gasteiger partial charge in [-0.25, -0.2) is 0 Å². The Labute approximate surface area is 175 Å². The van der Waals surface area contributed by atoms with Gasteiger partial charge in [-0.3, -0.25) is 4.79 Å². The number of carbonyl (C=O) groups is 1. The fraction of sp³-hybridized carbons (Fsp3) is 0.808. The van der Waals surface area contributed by atoms with Gasteiger partial charge in [-0.15, -0.1) is 12.3 Å². The maximum atomic E-state index is 10.4. The van der Waals surface area contributed by atoms with E-state index >= 15 is 0 Å². The molecule has 162 valence electrons. The fourth-order valence-electron chi connectivity index (χ4n) is 3.56. The average molecular weight is 391 g/mol. The van der Waals surface area contributed by atoms with Crippen molar-refractivity contribution in [2.45, 2.75) is 135 Å². The Bertz CT molecular complexity index is 392. The van der Waals surface area contributed by atoms with Gasteiger partial charge in [0.05, 0.1) is 0 Å². The molecule has 0 bridgehead atoms. The fourth-order valence-corrected chi connectivity index (χ4v) is 3.56. The van der Waals surface area contributed by atoms with Crippen molar-refractivity contribution >= 4 is 5.97 Å². The molecule has 0 aliphatic carbocycles. The first-order chi connectivity index (χ1) is 13.8. The quantitative estimate of drug-likeness (QED) is 0.114. The summed E-state index contributed by atoms with van der Waals surface area (Å²) < 4.78 is 0. The van der Waals surface area contributed by atoms with Crippen LogP contribution < -0.4 is 0 Å². The number of hydrogen-bond donors (Lipinski definition) is 1. The van der Waals surface area contributed by atoms with Crippen LogP contribution in [0.5, 0.6) is 0 Å². The molecule has 0 spiro atoms. The third-order valence-corrected chi connectivity index (χ3v) is 5.37. The van der Waals surface area contributed by atoms with Crippen molar-refractivity contribution < 1.29 is 9.90 Å². The number of unbranched alkanes of at least 4 members (excludes halogenated alkanes) is 18. The lowest BCUT2D eigenvalue weighted by Crippen LogP contribution is -1.93. The molecule has 2 nitrogen and oxygen atoms in total. The van der Waals surface area contributed by atoms with Gasteiger partial charge in [-0.05, 0) is 38.5 Å². The second-order valence-electron chi connectivity index (χ2n) is 8.16. The molecule has 1 N–H and O–H groups in total. The molecule has 0 atom stereocenters. The van der Waals surface area contributed by atoms with Gasteiger partial charge < -0.3 is 5.11 Å². The van der Waals surface area contributed by atoms with Crippen LogP contribution in [0.25, 0.3) is 0 Å². The van der Waals surface area contributed by atoms with Crippen LogP contribution in [-0.2, 0) is 4.79 Å². The number of carboxylic acid groups (broad SMARTS) is 1. The van der Waals surface area contributed by atoms with E-state index in [2.05, 4.69) is 18.1 Å². The van der Waals surface area contributed by atoms with Crippen molar-refractivity contribution in [3.63, 3.8) is 0 Å². The molecular weight excluding hydrogens is 344 g/mol. The molecule has 0 radical (unpaired) electrons. The number of rotatable bonds is 22. The van der Waals surface area contributed by atoms with Crippen LogP contribution in [0.1, 0.15) is 135 Å². The van der Waals surface area contributed by atoms with Crippen molar-refractivity contribution in [3.05, 3.63) is 12.2 Å². The lowest BCUT2D eigenvalue weighted by molar-refractivity contribution is -0.137. The third kappa shape index (κ3) is 24.8. The van der Waals surface area contributed by atoms with Gasteiger partial charge in [-0.2, -0.15) is 0 Å². The minimum absolute atomic E-state index is 0.337. The van der Waals surface area contributed by atoms with Gasteiger partial charge in [0.15, 0.2) is 0 Å². The van der Waals surface area contributed by atoms with Crippen LogP contribution in [0.15, 0.2) is 12.2 Å². The van der Waals surface area contributed by atoms with Gasteiger partial charge in [0.1, 0.15) is 0 Å². The molecule has 0 aliphatic rings. The van der Waals surface area contributed by atoms with E-state index in [0.717, 1.165) is 19.3 Å². The minimum Gasteiger partial charge on any atom is -0.481 e. The summed E-state index contributed by atoms with van der Waals surface area (Å²) in [5, 5.41) is 8.58. The Morgan fingerprint density at radius 3 is 1.36 bits per heavy atom. The van der Waals surface area contributed by atoms with Crippen LogP contribution >= 0.6 is 0 Å². The van der Waals surface area contributed by atoms with E-state index in [9.17, 15) is 4.79 Å². The molecule has 0 rings (SSSR count). The van der Waals surface area contributed by atoms with Crippen molar-refractivity contribution in [2.24, 2.45) is 0 Å². The highest BCUT2D eigenvalue weighted by Gasteiger charge is 1.97. The zero-order valence-corrected chi connectivity index (χ0v) is 18.4. The first kappa shape index (κ1) is 26.8. The van der Waals surface area contributed by atoms with Gasteiger partial charge >= 0.3 is 5.97 Å². The van der Waals surface area contributed by atoms with Crippen LogP contribution in [0.2, 0.25) is 0 Å². The molecule has 0 aromatic heterocycles. The van der Waals surface area contributed by atoms with Crippen LogP contribution in [-0.4, -0.2) is 11.1 Å². The second-order valence-corrected chi connectivity index (χ2v) is 8.16. The molecule has 0 heterocycles. The van der Waals surface area contributed by atoms with Crippen molar-refractivity contribution in [1.29, 1.82) is 0 Å². The van der Waals surface area contributed by atoms with Gasteiger partial charge in [-0.1, -0.05) is 95.6 Å². The Balaban J connectivity index is 3.08. The standard InChI is InChI=1S/C26H46O2/c1-2-3-4-5-6-7-8-9-10-11-12-13-14-15-16-17-18-19-20-21-22-23-24-25-26(27)28/h1,11-12H,3-10,13-25H2,(H,27,28)/b12-11-. The maximum Gasteiger partial charge on any atom is 0.303 e. The van der Waals surface area contributed by atoms with E-state index < -0.39 is 5.97 Å². The zero-order valence-electron chi connectivity index (χ0n) is 18.4. The lowest BCUT2D eigenvalue weighted by Gasteiger charge is -2.02. The van der Waals surface area contributed by atoms with E-state index in [4.69, 9.17) is 11.5 Å². The van der Waals surface area contributed by atoms with Crippen molar-refractivity contribution in [3.8, 4) is 12.3 Å². The maximum absolute atomic E-state index is 10.4. The Kier molecular flexibility index (Phi) is 22.8. The van der Waals surface area contributed by atoms with E-state index in [1.54, 1.807) is 0 Å².